The van der Waals surface area contributed by atoms with Crippen molar-refractivity contribution < 1.29 is 0 Å². The highest BCUT2D eigenvalue weighted by molar-refractivity contribution is 5.88. The zero-order chi connectivity index (χ0) is 18.1. The number of nitrogens with zero attached hydrogens (tertiary/aromatic N) is 1. The summed E-state index contributed by atoms with van der Waals surface area (Å²) in [6.45, 7) is 4.64. The first-order valence-electron chi connectivity index (χ1n) is 8.87. The molecule has 0 saturated heterocycles. The molecule has 0 atom stereocenters. The van der Waals surface area contributed by atoms with Crippen molar-refractivity contribution in [1.82, 2.24) is 4.57 Å². The Morgan fingerprint density at radius 3 is 2.27 bits per heavy atom. The highest BCUT2D eigenvalue weighted by Crippen LogP contribution is 2.24. The Bertz CT molecular complexity index is 1120. The lowest BCUT2D eigenvalue weighted by atomic mass is 10.0. The molecule has 2 heteroatoms. The molecular weight excluding hydrogens is 318 g/mol. The molecule has 0 aliphatic carbocycles. The fraction of sp³-hybridized carbons (Fsp3) is 0.125. The third-order valence-corrected chi connectivity index (χ3v) is 4.88. The monoisotopic (exact) mass is 339 g/mol. The zero-order valence-corrected chi connectivity index (χ0v) is 15.1. The van der Waals surface area contributed by atoms with Crippen LogP contribution in [0.15, 0.2) is 83.7 Å². The van der Waals surface area contributed by atoms with Crippen molar-refractivity contribution in [3.05, 3.63) is 106 Å². The lowest BCUT2D eigenvalue weighted by Gasteiger charge is -2.16. The van der Waals surface area contributed by atoms with Gasteiger partial charge in [-0.1, -0.05) is 78.4 Å². The van der Waals surface area contributed by atoms with Gasteiger partial charge in [-0.3, -0.25) is 4.79 Å². The Labute approximate surface area is 153 Å². The molecule has 128 valence electrons. The van der Waals surface area contributed by atoms with Crippen LogP contribution < -0.4 is 5.56 Å². The number of pyridine rings is 1. The molecule has 0 aliphatic heterocycles. The van der Waals surface area contributed by atoms with Crippen LogP contribution in [0.3, 0.4) is 0 Å². The molecule has 4 rings (SSSR count). The molecule has 4 aromatic rings. The van der Waals surface area contributed by atoms with Gasteiger partial charge in [0.1, 0.15) is 0 Å². The number of aryl methyl sites for hydroxylation is 2. The van der Waals surface area contributed by atoms with Gasteiger partial charge in [0.05, 0.1) is 17.6 Å². The molecule has 0 saturated carbocycles. The summed E-state index contributed by atoms with van der Waals surface area (Å²) in [4.78, 5) is 13.4. The van der Waals surface area contributed by atoms with Crippen molar-refractivity contribution in [1.29, 1.82) is 0 Å². The Kier molecular flexibility index (Phi) is 4.18. The summed E-state index contributed by atoms with van der Waals surface area (Å²) >= 11 is 0. The normalized spacial score (nSPS) is 11.0. The molecule has 0 aliphatic rings. The molecule has 0 radical (unpaired) electrons. The van der Waals surface area contributed by atoms with Gasteiger partial charge in [-0.05, 0) is 42.0 Å². The van der Waals surface area contributed by atoms with E-state index in [0.29, 0.717) is 6.54 Å². The van der Waals surface area contributed by atoms with Crippen LogP contribution in [0, 0.1) is 13.8 Å². The van der Waals surface area contributed by atoms with Crippen molar-refractivity contribution in [2.24, 2.45) is 0 Å². The molecule has 2 nitrogen and oxygen atoms in total. The van der Waals surface area contributed by atoms with Gasteiger partial charge < -0.3 is 4.57 Å². The van der Waals surface area contributed by atoms with Gasteiger partial charge in [0, 0.05) is 0 Å². The van der Waals surface area contributed by atoms with E-state index in [1.54, 1.807) is 0 Å². The third-order valence-electron chi connectivity index (χ3n) is 4.88. The second-order valence-electron chi connectivity index (χ2n) is 6.81. The lowest BCUT2D eigenvalue weighted by molar-refractivity contribution is 0.776. The maximum atomic E-state index is 13.4. The first-order chi connectivity index (χ1) is 12.6. The van der Waals surface area contributed by atoms with Crippen LogP contribution in [0.1, 0.15) is 16.7 Å². The van der Waals surface area contributed by atoms with Gasteiger partial charge in [0.15, 0.2) is 0 Å². The van der Waals surface area contributed by atoms with Crippen LogP contribution in [0.2, 0.25) is 0 Å². The van der Waals surface area contributed by atoms with E-state index in [1.165, 1.54) is 5.56 Å². The first kappa shape index (κ1) is 16.3. The topological polar surface area (TPSA) is 22.0 Å². The standard InChI is InChI=1S/C24H21NO/c1-17-11-13-19(14-12-17)16-25-22(20-8-4-3-5-9-20)15-21-10-6-7-18(2)23(21)24(25)26/h3-15H,16H2,1-2H3. The molecule has 3 aromatic carbocycles. The quantitative estimate of drug-likeness (QED) is 0.494. The van der Waals surface area contributed by atoms with Gasteiger partial charge in [-0.25, -0.2) is 0 Å². The minimum absolute atomic E-state index is 0.0695. The second kappa shape index (κ2) is 6.64. The third kappa shape index (κ3) is 2.95. The molecule has 1 aromatic heterocycles. The molecule has 0 unspecified atom stereocenters. The number of benzene rings is 3. The second-order valence-corrected chi connectivity index (χ2v) is 6.81. The number of fused-ring (bicyclic) bond motifs is 1. The van der Waals surface area contributed by atoms with E-state index in [4.69, 9.17) is 0 Å². The zero-order valence-electron chi connectivity index (χ0n) is 15.1. The van der Waals surface area contributed by atoms with E-state index in [9.17, 15) is 4.79 Å². The van der Waals surface area contributed by atoms with Crippen molar-refractivity contribution in [3.63, 3.8) is 0 Å². The summed E-state index contributed by atoms with van der Waals surface area (Å²) in [7, 11) is 0. The number of rotatable bonds is 3. The fourth-order valence-corrected chi connectivity index (χ4v) is 3.45. The highest BCUT2D eigenvalue weighted by atomic mass is 16.1. The fourth-order valence-electron chi connectivity index (χ4n) is 3.45. The predicted molar refractivity (Wildman–Crippen MR) is 109 cm³/mol. The summed E-state index contributed by atoms with van der Waals surface area (Å²) in [5.41, 5.74) is 5.45. The summed E-state index contributed by atoms with van der Waals surface area (Å²) in [6.07, 6.45) is 0. The smallest absolute Gasteiger partial charge is 0.259 e. The van der Waals surface area contributed by atoms with E-state index in [0.717, 1.165) is 33.2 Å². The van der Waals surface area contributed by atoms with E-state index in [1.807, 2.05) is 47.9 Å². The number of hydrogen-bond acceptors (Lipinski definition) is 1. The summed E-state index contributed by atoms with van der Waals surface area (Å²) < 4.78 is 1.90. The summed E-state index contributed by atoms with van der Waals surface area (Å²) in [5, 5.41) is 1.80. The Balaban J connectivity index is 1.98. The lowest BCUT2D eigenvalue weighted by Crippen LogP contribution is -2.23. The molecule has 26 heavy (non-hydrogen) atoms. The first-order valence-corrected chi connectivity index (χ1v) is 8.87. The molecule has 0 bridgehead atoms. The van der Waals surface area contributed by atoms with Crippen molar-refractivity contribution in [3.8, 4) is 11.3 Å². The Morgan fingerprint density at radius 1 is 0.808 bits per heavy atom. The Morgan fingerprint density at radius 2 is 1.54 bits per heavy atom. The van der Waals surface area contributed by atoms with Crippen molar-refractivity contribution in [2.45, 2.75) is 20.4 Å². The minimum atomic E-state index is 0.0695. The van der Waals surface area contributed by atoms with Gasteiger partial charge in [0.2, 0.25) is 0 Å². The molecule has 0 amide bonds. The number of hydrogen-bond donors (Lipinski definition) is 0. The van der Waals surface area contributed by atoms with Crippen molar-refractivity contribution in [2.75, 3.05) is 0 Å². The minimum Gasteiger partial charge on any atom is -0.303 e. The van der Waals surface area contributed by atoms with E-state index in [2.05, 4.69) is 49.4 Å². The average Bonchev–Trinajstić information content (AvgIpc) is 2.66. The van der Waals surface area contributed by atoms with Crippen LogP contribution in [0.5, 0.6) is 0 Å². The SMILES string of the molecule is Cc1ccc(Cn2c(-c3ccccc3)cc3cccc(C)c3c2=O)cc1. The highest BCUT2D eigenvalue weighted by Gasteiger charge is 2.13. The summed E-state index contributed by atoms with van der Waals surface area (Å²) in [6, 6.07) is 26.7. The van der Waals surface area contributed by atoms with E-state index < -0.39 is 0 Å². The van der Waals surface area contributed by atoms with Crippen LogP contribution in [0.4, 0.5) is 0 Å². The summed E-state index contributed by atoms with van der Waals surface area (Å²) in [5.74, 6) is 0. The van der Waals surface area contributed by atoms with Crippen LogP contribution in [-0.2, 0) is 6.54 Å². The average molecular weight is 339 g/mol. The molecular formula is C24H21NO. The maximum Gasteiger partial charge on any atom is 0.259 e. The van der Waals surface area contributed by atoms with Crippen molar-refractivity contribution >= 4 is 10.8 Å². The molecule has 0 fully saturated rings. The predicted octanol–water partition coefficient (Wildman–Crippen LogP) is 5.33. The molecule has 0 N–H and O–H groups in total. The van der Waals surface area contributed by atoms with Crippen LogP contribution >= 0.6 is 0 Å². The largest absolute Gasteiger partial charge is 0.303 e. The van der Waals surface area contributed by atoms with Crippen LogP contribution in [0.25, 0.3) is 22.0 Å². The number of aromatic nitrogens is 1. The Hall–Kier alpha value is -3.13. The molecule has 1 heterocycles. The molecule has 0 spiro atoms. The van der Waals surface area contributed by atoms with E-state index >= 15 is 0 Å². The van der Waals surface area contributed by atoms with Crippen LogP contribution in [-0.4, -0.2) is 4.57 Å². The van der Waals surface area contributed by atoms with Gasteiger partial charge >= 0.3 is 0 Å². The van der Waals surface area contributed by atoms with Gasteiger partial charge in [-0.2, -0.15) is 0 Å². The van der Waals surface area contributed by atoms with Gasteiger partial charge in [0.25, 0.3) is 5.56 Å². The van der Waals surface area contributed by atoms with E-state index in [-0.39, 0.29) is 5.56 Å². The maximum absolute atomic E-state index is 13.4. The van der Waals surface area contributed by atoms with Gasteiger partial charge in [-0.15, -0.1) is 0 Å².